The van der Waals surface area contributed by atoms with Crippen LogP contribution in [0.4, 0.5) is 11.5 Å². The molecule has 1 aromatic carbocycles. The molecule has 0 bridgehead atoms. The molecule has 0 spiro atoms. The van der Waals surface area contributed by atoms with E-state index in [1.165, 1.54) is 11.3 Å². The predicted molar refractivity (Wildman–Crippen MR) is 113 cm³/mol. The molecule has 2 unspecified atom stereocenters. The van der Waals surface area contributed by atoms with E-state index >= 15 is 0 Å². The minimum atomic E-state index is -0.00234. The monoisotopic (exact) mass is 395 g/mol. The SMILES string of the molecule is O=C(C1Cc2ccccc2N2CCN(c3cnccn3)CC12)N1CCSCC1. The first kappa shape index (κ1) is 17.8. The summed E-state index contributed by atoms with van der Waals surface area (Å²) < 4.78 is 0. The zero-order valence-electron chi connectivity index (χ0n) is 15.9. The van der Waals surface area contributed by atoms with Crippen molar-refractivity contribution < 1.29 is 4.79 Å². The van der Waals surface area contributed by atoms with E-state index < -0.39 is 0 Å². The fraction of sp³-hybridized carbons (Fsp3) is 0.476. The van der Waals surface area contributed by atoms with Gasteiger partial charge in [0.1, 0.15) is 5.82 Å². The van der Waals surface area contributed by atoms with Crippen LogP contribution < -0.4 is 9.80 Å². The van der Waals surface area contributed by atoms with Crippen LogP contribution in [0.1, 0.15) is 5.56 Å². The smallest absolute Gasteiger partial charge is 0.228 e. The van der Waals surface area contributed by atoms with Crippen molar-refractivity contribution in [3.63, 3.8) is 0 Å². The highest BCUT2D eigenvalue weighted by Crippen LogP contribution is 2.37. The maximum Gasteiger partial charge on any atom is 0.228 e. The molecule has 146 valence electrons. The number of piperazine rings is 1. The van der Waals surface area contributed by atoms with Crippen molar-refractivity contribution in [2.75, 3.05) is 54.0 Å². The van der Waals surface area contributed by atoms with Crippen molar-refractivity contribution in [3.05, 3.63) is 48.4 Å². The summed E-state index contributed by atoms with van der Waals surface area (Å²) in [5.41, 5.74) is 2.60. The number of carbonyl (C=O) groups excluding carboxylic acids is 1. The highest BCUT2D eigenvalue weighted by atomic mass is 32.2. The Kier molecular flexibility index (Phi) is 4.84. The number of amides is 1. The Hall–Kier alpha value is -2.28. The average molecular weight is 396 g/mol. The zero-order chi connectivity index (χ0) is 18.9. The summed E-state index contributed by atoms with van der Waals surface area (Å²) in [4.78, 5) is 29.1. The van der Waals surface area contributed by atoms with E-state index in [4.69, 9.17) is 0 Å². The van der Waals surface area contributed by atoms with Crippen LogP contribution in [-0.2, 0) is 11.2 Å². The molecule has 3 aliphatic rings. The molecule has 5 rings (SSSR count). The first-order valence-corrected chi connectivity index (χ1v) is 11.2. The summed E-state index contributed by atoms with van der Waals surface area (Å²) >= 11 is 1.94. The lowest BCUT2D eigenvalue weighted by Crippen LogP contribution is -2.62. The van der Waals surface area contributed by atoms with E-state index in [1.807, 2.05) is 18.0 Å². The Labute approximate surface area is 169 Å². The van der Waals surface area contributed by atoms with Gasteiger partial charge in [0.25, 0.3) is 0 Å². The summed E-state index contributed by atoms with van der Waals surface area (Å²) in [6.45, 7) is 4.36. The normalized spacial score (nSPS) is 24.5. The molecule has 0 saturated carbocycles. The number of hydrogen-bond acceptors (Lipinski definition) is 6. The molecule has 0 N–H and O–H groups in total. The van der Waals surface area contributed by atoms with Gasteiger partial charge in [0, 0.05) is 62.3 Å². The maximum atomic E-state index is 13.5. The number of benzene rings is 1. The van der Waals surface area contributed by atoms with Crippen LogP contribution in [0, 0.1) is 5.92 Å². The van der Waals surface area contributed by atoms with Gasteiger partial charge in [0.05, 0.1) is 18.2 Å². The second-order valence-corrected chi connectivity index (χ2v) is 8.87. The minimum Gasteiger partial charge on any atom is -0.364 e. The maximum absolute atomic E-state index is 13.5. The Bertz CT molecular complexity index is 842. The topological polar surface area (TPSA) is 52.6 Å². The van der Waals surface area contributed by atoms with Crippen LogP contribution in [0.2, 0.25) is 0 Å². The molecule has 2 saturated heterocycles. The number of rotatable bonds is 2. The second kappa shape index (κ2) is 7.62. The number of hydrogen-bond donors (Lipinski definition) is 0. The quantitative estimate of drug-likeness (QED) is 0.774. The molecule has 2 atom stereocenters. The van der Waals surface area contributed by atoms with Gasteiger partial charge in [-0.05, 0) is 18.1 Å². The van der Waals surface area contributed by atoms with Crippen molar-refractivity contribution in [3.8, 4) is 0 Å². The van der Waals surface area contributed by atoms with Crippen LogP contribution >= 0.6 is 11.8 Å². The fourth-order valence-electron chi connectivity index (χ4n) is 4.72. The van der Waals surface area contributed by atoms with Crippen molar-refractivity contribution >= 4 is 29.2 Å². The summed E-state index contributed by atoms with van der Waals surface area (Å²) in [6.07, 6.45) is 6.10. The van der Waals surface area contributed by atoms with Gasteiger partial charge in [0.15, 0.2) is 0 Å². The van der Waals surface area contributed by atoms with E-state index in [0.29, 0.717) is 5.91 Å². The summed E-state index contributed by atoms with van der Waals surface area (Å²) in [7, 11) is 0. The minimum absolute atomic E-state index is 0.00234. The Morgan fingerprint density at radius 3 is 2.75 bits per heavy atom. The first-order chi connectivity index (χ1) is 13.8. The molecule has 1 amide bonds. The highest BCUT2D eigenvalue weighted by molar-refractivity contribution is 7.99. The summed E-state index contributed by atoms with van der Waals surface area (Å²) in [5, 5.41) is 0. The van der Waals surface area contributed by atoms with E-state index in [9.17, 15) is 4.79 Å². The molecule has 6 nitrogen and oxygen atoms in total. The second-order valence-electron chi connectivity index (χ2n) is 7.65. The van der Waals surface area contributed by atoms with Gasteiger partial charge in [-0.25, -0.2) is 4.98 Å². The Morgan fingerprint density at radius 2 is 1.93 bits per heavy atom. The number of carbonyl (C=O) groups is 1. The van der Waals surface area contributed by atoms with Gasteiger partial charge in [-0.3, -0.25) is 9.78 Å². The van der Waals surface area contributed by atoms with Crippen LogP contribution in [-0.4, -0.2) is 71.0 Å². The standard InChI is InChI=1S/C21H25N5OS/c27-21(24-9-11-28-12-10-24)17-13-16-3-1-2-4-18(16)26-8-7-25(15-19(17)26)20-14-22-5-6-23-20/h1-6,14,17,19H,7-13,15H2. The fourth-order valence-corrected chi connectivity index (χ4v) is 5.63. The predicted octanol–water partition coefficient (Wildman–Crippen LogP) is 1.92. The van der Waals surface area contributed by atoms with E-state index in [2.05, 4.69) is 48.9 Å². The Morgan fingerprint density at radius 1 is 1.07 bits per heavy atom. The van der Waals surface area contributed by atoms with Crippen LogP contribution in [0.3, 0.4) is 0 Å². The molecule has 2 fully saturated rings. The van der Waals surface area contributed by atoms with E-state index in [1.54, 1.807) is 12.4 Å². The first-order valence-electron chi connectivity index (χ1n) is 10.0. The molecular formula is C21H25N5OS. The molecule has 1 aromatic heterocycles. The van der Waals surface area contributed by atoms with Gasteiger partial charge in [-0.15, -0.1) is 0 Å². The number of fused-ring (bicyclic) bond motifs is 3. The molecule has 3 aliphatic heterocycles. The molecule has 28 heavy (non-hydrogen) atoms. The third-order valence-electron chi connectivity index (χ3n) is 6.14. The number of thioether (sulfide) groups is 1. The van der Waals surface area contributed by atoms with Crippen LogP contribution in [0.15, 0.2) is 42.9 Å². The summed E-state index contributed by atoms with van der Waals surface area (Å²) in [5.74, 6) is 3.33. The molecule has 0 radical (unpaired) electrons. The van der Waals surface area contributed by atoms with Gasteiger partial charge in [0.2, 0.25) is 5.91 Å². The lowest BCUT2D eigenvalue weighted by molar-refractivity contribution is -0.136. The lowest BCUT2D eigenvalue weighted by atomic mass is 9.83. The van der Waals surface area contributed by atoms with E-state index in [-0.39, 0.29) is 12.0 Å². The van der Waals surface area contributed by atoms with E-state index in [0.717, 1.165) is 56.5 Å². The van der Waals surface area contributed by atoms with Gasteiger partial charge < -0.3 is 14.7 Å². The molecule has 0 aliphatic carbocycles. The van der Waals surface area contributed by atoms with Crippen molar-refractivity contribution in [2.24, 2.45) is 5.92 Å². The Balaban J connectivity index is 1.46. The third kappa shape index (κ3) is 3.21. The molecule has 4 heterocycles. The zero-order valence-corrected chi connectivity index (χ0v) is 16.7. The number of nitrogens with zero attached hydrogens (tertiary/aromatic N) is 5. The molecule has 2 aromatic rings. The summed E-state index contributed by atoms with van der Waals surface area (Å²) in [6, 6.07) is 8.77. The van der Waals surface area contributed by atoms with Gasteiger partial charge in [-0.2, -0.15) is 11.8 Å². The number of aromatic nitrogens is 2. The van der Waals surface area contributed by atoms with Crippen LogP contribution in [0.25, 0.3) is 0 Å². The van der Waals surface area contributed by atoms with Crippen molar-refractivity contribution in [1.29, 1.82) is 0 Å². The van der Waals surface area contributed by atoms with Gasteiger partial charge in [-0.1, -0.05) is 18.2 Å². The molecule has 7 heteroatoms. The lowest BCUT2D eigenvalue weighted by Gasteiger charge is -2.50. The average Bonchev–Trinajstić information content (AvgIpc) is 2.79. The van der Waals surface area contributed by atoms with Crippen LogP contribution in [0.5, 0.6) is 0 Å². The molecular weight excluding hydrogens is 370 g/mol. The highest BCUT2D eigenvalue weighted by Gasteiger charge is 2.43. The van der Waals surface area contributed by atoms with Gasteiger partial charge >= 0.3 is 0 Å². The third-order valence-corrected chi connectivity index (χ3v) is 7.08. The number of para-hydroxylation sites is 1. The van der Waals surface area contributed by atoms with Crippen molar-refractivity contribution in [2.45, 2.75) is 12.5 Å². The largest absolute Gasteiger partial charge is 0.364 e. The van der Waals surface area contributed by atoms with Crippen molar-refractivity contribution in [1.82, 2.24) is 14.9 Å². The number of anilines is 2.